The van der Waals surface area contributed by atoms with Gasteiger partial charge in [-0.1, -0.05) is 35.9 Å². The lowest BCUT2D eigenvalue weighted by atomic mass is 9.83. The number of benzene rings is 2. The van der Waals surface area contributed by atoms with Crippen LogP contribution in [0.1, 0.15) is 16.8 Å². The standard InChI is InChI=1S/C27H23ClN4O3/c1-31-16-29-15-24(31)27(34,18-7-9-20(28)10-8-18)19-12-23-22(17-5-4-6-21(11-17)35-3)13-25(33)32(2)26(23)30-14-19/h4-16,34H,1-3H3/t27-/m1/s1. The highest BCUT2D eigenvalue weighted by Crippen LogP contribution is 2.39. The van der Waals surface area contributed by atoms with Gasteiger partial charge in [0.2, 0.25) is 0 Å². The lowest BCUT2D eigenvalue weighted by Gasteiger charge is -2.30. The average Bonchev–Trinajstić information content (AvgIpc) is 3.32. The third-order valence-corrected chi connectivity index (χ3v) is 6.57. The van der Waals surface area contributed by atoms with Crippen molar-refractivity contribution in [2.45, 2.75) is 5.60 Å². The molecule has 0 aliphatic carbocycles. The molecule has 2 aromatic carbocycles. The molecule has 0 aliphatic rings. The van der Waals surface area contributed by atoms with Crippen molar-refractivity contribution in [2.24, 2.45) is 14.1 Å². The van der Waals surface area contributed by atoms with Gasteiger partial charge in [0, 0.05) is 42.3 Å². The first kappa shape index (κ1) is 22.8. The lowest BCUT2D eigenvalue weighted by Crippen LogP contribution is -2.31. The van der Waals surface area contributed by atoms with E-state index in [1.165, 1.54) is 4.57 Å². The first-order chi connectivity index (χ1) is 16.8. The van der Waals surface area contributed by atoms with E-state index in [9.17, 15) is 9.90 Å². The zero-order valence-corrected chi connectivity index (χ0v) is 20.2. The molecule has 3 aromatic heterocycles. The summed E-state index contributed by atoms with van der Waals surface area (Å²) in [6, 6.07) is 18.0. The predicted molar refractivity (Wildman–Crippen MR) is 136 cm³/mol. The second-order valence-corrected chi connectivity index (χ2v) is 8.83. The minimum atomic E-state index is -1.57. The summed E-state index contributed by atoms with van der Waals surface area (Å²) in [5, 5.41) is 13.6. The molecule has 0 saturated heterocycles. The molecule has 0 aliphatic heterocycles. The number of fused-ring (bicyclic) bond motifs is 1. The number of hydrogen-bond donors (Lipinski definition) is 1. The Morgan fingerprint density at radius 1 is 1.00 bits per heavy atom. The van der Waals surface area contributed by atoms with Crippen LogP contribution in [0, 0.1) is 0 Å². The fraction of sp³-hybridized carbons (Fsp3) is 0.148. The van der Waals surface area contributed by atoms with Crippen molar-refractivity contribution in [3.8, 4) is 16.9 Å². The maximum absolute atomic E-state index is 12.8. The lowest BCUT2D eigenvalue weighted by molar-refractivity contribution is 0.117. The van der Waals surface area contributed by atoms with Crippen LogP contribution in [0.3, 0.4) is 0 Å². The van der Waals surface area contributed by atoms with Crippen LogP contribution in [-0.2, 0) is 19.7 Å². The summed E-state index contributed by atoms with van der Waals surface area (Å²) < 4.78 is 8.65. The number of aliphatic hydroxyl groups is 1. The number of imidazole rings is 1. The van der Waals surface area contributed by atoms with Crippen molar-refractivity contribution in [1.29, 1.82) is 0 Å². The number of pyridine rings is 2. The monoisotopic (exact) mass is 486 g/mol. The summed E-state index contributed by atoms with van der Waals surface area (Å²) >= 11 is 6.13. The summed E-state index contributed by atoms with van der Waals surface area (Å²) in [6.07, 6.45) is 4.86. The average molecular weight is 487 g/mol. The Morgan fingerprint density at radius 3 is 2.46 bits per heavy atom. The second kappa shape index (κ2) is 8.69. The maximum Gasteiger partial charge on any atom is 0.252 e. The molecule has 0 saturated carbocycles. The Balaban J connectivity index is 1.83. The molecule has 35 heavy (non-hydrogen) atoms. The summed E-state index contributed by atoms with van der Waals surface area (Å²) in [7, 11) is 5.10. The molecule has 8 heteroatoms. The van der Waals surface area contributed by atoms with Gasteiger partial charge in [-0.2, -0.15) is 0 Å². The number of aryl methyl sites for hydroxylation is 2. The van der Waals surface area contributed by atoms with Crippen molar-refractivity contribution < 1.29 is 9.84 Å². The van der Waals surface area contributed by atoms with Crippen LogP contribution in [0.2, 0.25) is 5.02 Å². The van der Waals surface area contributed by atoms with Gasteiger partial charge in [0.1, 0.15) is 11.4 Å². The van der Waals surface area contributed by atoms with Gasteiger partial charge in [-0.15, -0.1) is 0 Å². The van der Waals surface area contributed by atoms with E-state index >= 15 is 0 Å². The largest absolute Gasteiger partial charge is 0.497 e. The number of halogens is 1. The van der Waals surface area contributed by atoms with Gasteiger partial charge in [-0.05, 0) is 47.0 Å². The number of aromatic nitrogens is 4. The highest BCUT2D eigenvalue weighted by Gasteiger charge is 2.37. The fourth-order valence-corrected chi connectivity index (χ4v) is 4.54. The van der Waals surface area contributed by atoms with Crippen LogP contribution >= 0.6 is 11.6 Å². The molecule has 0 fully saturated rings. The molecule has 0 amide bonds. The fourth-order valence-electron chi connectivity index (χ4n) is 4.41. The van der Waals surface area contributed by atoms with Crippen molar-refractivity contribution in [3.63, 3.8) is 0 Å². The van der Waals surface area contributed by atoms with E-state index in [4.69, 9.17) is 16.3 Å². The summed E-state index contributed by atoms with van der Waals surface area (Å²) in [5.41, 5.74) is 1.95. The van der Waals surface area contributed by atoms with Crippen molar-refractivity contribution in [3.05, 3.63) is 112 Å². The van der Waals surface area contributed by atoms with Crippen LogP contribution in [0.4, 0.5) is 0 Å². The van der Waals surface area contributed by atoms with Gasteiger partial charge in [-0.3, -0.25) is 9.36 Å². The third-order valence-electron chi connectivity index (χ3n) is 6.32. The molecule has 1 N–H and O–H groups in total. The smallest absolute Gasteiger partial charge is 0.252 e. The van der Waals surface area contributed by atoms with Gasteiger partial charge < -0.3 is 14.4 Å². The van der Waals surface area contributed by atoms with E-state index in [1.54, 1.807) is 67.8 Å². The van der Waals surface area contributed by atoms with E-state index < -0.39 is 5.60 Å². The highest BCUT2D eigenvalue weighted by molar-refractivity contribution is 6.30. The zero-order valence-electron chi connectivity index (χ0n) is 19.4. The number of rotatable bonds is 5. The Bertz CT molecular complexity index is 1610. The SMILES string of the molecule is COc1cccc(-c2cc(=O)n(C)c3ncc([C@](O)(c4ccc(Cl)cc4)c4cncn4C)cc23)c1. The van der Waals surface area contributed by atoms with Gasteiger partial charge >= 0.3 is 0 Å². The van der Waals surface area contributed by atoms with Crippen LogP contribution in [0.25, 0.3) is 22.2 Å². The van der Waals surface area contributed by atoms with Gasteiger partial charge in [0.25, 0.3) is 5.56 Å². The van der Waals surface area contributed by atoms with E-state index in [1.807, 2.05) is 37.4 Å². The normalized spacial score (nSPS) is 13.1. The van der Waals surface area contributed by atoms with E-state index in [0.717, 1.165) is 5.56 Å². The van der Waals surface area contributed by atoms with Crippen LogP contribution in [0.5, 0.6) is 5.75 Å². The van der Waals surface area contributed by atoms with Gasteiger partial charge in [-0.25, -0.2) is 9.97 Å². The highest BCUT2D eigenvalue weighted by atomic mass is 35.5. The molecular formula is C27H23ClN4O3. The van der Waals surface area contributed by atoms with E-state index in [-0.39, 0.29) is 5.56 Å². The molecular weight excluding hydrogens is 464 g/mol. The van der Waals surface area contributed by atoms with Gasteiger partial charge in [0.15, 0.2) is 5.60 Å². The quantitative estimate of drug-likeness (QED) is 0.401. The van der Waals surface area contributed by atoms with Crippen LogP contribution < -0.4 is 10.3 Å². The molecule has 176 valence electrons. The number of ether oxygens (including phenoxy) is 1. The maximum atomic E-state index is 12.8. The van der Waals surface area contributed by atoms with Gasteiger partial charge in [0.05, 0.1) is 25.3 Å². The van der Waals surface area contributed by atoms with Crippen molar-refractivity contribution in [2.75, 3.05) is 7.11 Å². The van der Waals surface area contributed by atoms with E-state index in [0.29, 0.717) is 44.2 Å². The Morgan fingerprint density at radius 2 is 1.77 bits per heavy atom. The second-order valence-electron chi connectivity index (χ2n) is 8.39. The molecule has 5 rings (SSSR count). The first-order valence-corrected chi connectivity index (χ1v) is 11.3. The number of hydrogen-bond acceptors (Lipinski definition) is 5. The Labute approximate surface area is 206 Å². The molecule has 3 heterocycles. The number of methoxy groups -OCH3 is 1. The Kier molecular flexibility index (Phi) is 5.67. The Hall–Kier alpha value is -3.94. The van der Waals surface area contributed by atoms with Crippen LogP contribution in [0.15, 0.2) is 84.2 Å². The minimum Gasteiger partial charge on any atom is -0.497 e. The van der Waals surface area contributed by atoms with Crippen molar-refractivity contribution in [1.82, 2.24) is 19.1 Å². The summed E-state index contributed by atoms with van der Waals surface area (Å²) in [6.45, 7) is 0. The molecule has 5 aromatic rings. The molecule has 0 unspecified atom stereocenters. The van der Waals surface area contributed by atoms with E-state index in [2.05, 4.69) is 9.97 Å². The summed E-state index contributed by atoms with van der Waals surface area (Å²) in [5.74, 6) is 0.674. The molecule has 0 bridgehead atoms. The third kappa shape index (κ3) is 3.79. The molecule has 1 atom stereocenters. The summed E-state index contributed by atoms with van der Waals surface area (Å²) in [4.78, 5) is 21.6. The molecule has 0 spiro atoms. The minimum absolute atomic E-state index is 0.185. The zero-order chi connectivity index (χ0) is 24.7. The number of nitrogens with zero attached hydrogens (tertiary/aromatic N) is 4. The molecule has 0 radical (unpaired) electrons. The molecule has 7 nitrogen and oxygen atoms in total. The first-order valence-electron chi connectivity index (χ1n) is 10.9. The predicted octanol–water partition coefficient (Wildman–Crippen LogP) is 4.28. The topological polar surface area (TPSA) is 82.2 Å². The van der Waals surface area contributed by atoms with Crippen molar-refractivity contribution >= 4 is 22.6 Å². The van der Waals surface area contributed by atoms with Crippen LogP contribution in [-0.4, -0.2) is 31.3 Å².